The van der Waals surface area contributed by atoms with Crippen molar-refractivity contribution in [3.05, 3.63) is 36.1 Å². The van der Waals surface area contributed by atoms with Gasteiger partial charge in [0.2, 0.25) is 5.91 Å². The van der Waals surface area contributed by atoms with E-state index in [1.54, 1.807) is 0 Å². The van der Waals surface area contributed by atoms with Gasteiger partial charge in [-0.25, -0.2) is 0 Å². The number of nitrogens with one attached hydrogen (secondary N) is 1. The molecule has 24 heavy (non-hydrogen) atoms. The number of fused-ring (bicyclic) bond motifs is 1. The molecule has 0 aliphatic carbocycles. The first-order chi connectivity index (χ1) is 11.6. The summed E-state index contributed by atoms with van der Waals surface area (Å²) in [7, 11) is 0. The summed E-state index contributed by atoms with van der Waals surface area (Å²) < 4.78 is 5.83. The lowest BCUT2D eigenvalue weighted by atomic mass is 9.97. The van der Waals surface area contributed by atoms with E-state index in [0.29, 0.717) is 0 Å². The van der Waals surface area contributed by atoms with Crippen LogP contribution in [0.25, 0.3) is 11.0 Å². The van der Waals surface area contributed by atoms with E-state index >= 15 is 0 Å². The molecule has 5 heteroatoms. The number of furan rings is 1. The number of benzene rings is 1. The first-order valence-corrected chi connectivity index (χ1v) is 8.72. The number of nitrogens with zero attached hydrogens (tertiary/aromatic N) is 1. The Kier molecular flexibility index (Phi) is 5.21. The van der Waals surface area contributed by atoms with Crippen molar-refractivity contribution in [3.63, 3.8) is 0 Å². The quantitative estimate of drug-likeness (QED) is 0.885. The van der Waals surface area contributed by atoms with Gasteiger partial charge < -0.3 is 14.8 Å². The van der Waals surface area contributed by atoms with Crippen molar-refractivity contribution >= 4 is 16.9 Å². The van der Waals surface area contributed by atoms with Gasteiger partial charge in [0, 0.05) is 18.5 Å². The predicted molar refractivity (Wildman–Crippen MR) is 93.6 cm³/mol. The number of aliphatic hydroxyl groups is 1. The van der Waals surface area contributed by atoms with E-state index in [0.717, 1.165) is 42.7 Å². The largest absolute Gasteiger partial charge is 0.459 e. The van der Waals surface area contributed by atoms with Gasteiger partial charge in [0.15, 0.2) is 0 Å². The molecule has 1 aliphatic heterocycles. The molecule has 0 saturated carbocycles. The lowest BCUT2D eigenvalue weighted by Crippen LogP contribution is -2.49. The van der Waals surface area contributed by atoms with E-state index in [9.17, 15) is 9.90 Å². The number of para-hydroxylation sites is 1. The van der Waals surface area contributed by atoms with Crippen LogP contribution in [-0.2, 0) is 4.79 Å². The van der Waals surface area contributed by atoms with Gasteiger partial charge >= 0.3 is 0 Å². The van der Waals surface area contributed by atoms with Crippen molar-refractivity contribution < 1.29 is 14.3 Å². The van der Waals surface area contributed by atoms with E-state index in [1.807, 2.05) is 44.2 Å². The summed E-state index contributed by atoms with van der Waals surface area (Å²) in [5.74, 6) is 1.05. The Bertz CT molecular complexity index is 664. The zero-order valence-corrected chi connectivity index (χ0v) is 14.4. The minimum absolute atomic E-state index is 0.00143. The van der Waals surface area contributed by atoms with Gasteiger partial charge in [0.25, 0.3) is 0 Å². The lowest BCUT2D eigenvalue weighted by molar-refractivity contribution is -0.127. The van der Waals surface area contributed by atoms with Crippen LogP contribution in [0.15, 0.2) is 34.7 Å². The molecule has 0 bridgehead atoms. The average molecular weight is 330 g/mol. The molecule has 2 N–H and O–H groups in total. The Hall–Kier alpha value is -1.85. The molecule has 5 nitrogen and oxygen atoms in total. The van der Waals surface area contributed by atoms with Crippen LogP contribution in [0, 0.1) is 5.92 Å². The zero-order chi connectivity index (χ0) is 17.1. The molecule has 0 radical (unpaired) electrons. The maximum Gasteiger partial charge on any atom is 0.237 e. The maximum absolute atomic E-state index is 12.6. The van der Waals surface area contributed by atoms with Crippen LogP contribution in [0.3, 0.4) is 0 Å². The lowest BCUT2D eigenvalue weighted by Gasteiger charge is -2.35. The van der Waals surface area contributed by atoms with Crippen LogP contribution in [0.5, 0.6) is 0 Å². The first kappa shape index (κ1) is 17.0. The second-order valence-electron chi connectivity index (χ2n) is 6.78. The van der Waals surface area contributed by atoms with Gasteiger partial charge in [-0.05, 0) is 51.3 Å². The van der Waals surface area contributed by atoms with Crippen molar-refractivity contribution in [1.29, 1.82) is 0 Å². The fraction of sp³-hybridized carbons (Fsp3) is 0.526. The van der Waals surface area contributed by atoms with Crippen LogP contribution in [0.4, 0.5) is 0 Å². The summed E-state index contributed by atoms with van der Waals surface area (Å²) in [5, 5.41) is 13.4. The predicted octanol–water partition coefficient (Wildman–Crippen LogP) is 2.70. The average Bonchev–Trinajstić information content (AvgIpc) is 3.05. The molecule has 1 fully saturated rings. The van der Waals surface area contributed by atoms with Gasteiger partial charge in [-0.3, -0.25) is 9.69 Å². The molecule has 1 amide bonds. The van der Waals surface area contributed by atoms with E-state index in [2.05, 4.69) is 10.2 Å². The summed E-state index contributed by atoms with van der Waals surface area (Å²) in [6, 6.07) is 9.45. The van der Waals surface area contributed by atoms with Gasteiger partial charge in [-0.15, -0.1) is 0 Å². The van der Waals surface area contributed by atoms with Crippen LogP contribution in [0.1, 0.15) is 38.5 Å². The summed E-state index contributed by atoms with van der Waals surface area (Å²) >= 11 is 0. The minimum atomic E-state index is -0.203. The summed E-state index contributed by atoms with van der Waals surface area (Å²) in [5.41, 5.74) is 0.837. The van der Waals surface area contributed by atoms with Gasteiger partial charge in [0.1, 0.15) is 11.3 Å². The zero-order valence-electron chi connectivity index (χ0n) is 14.4. The molecule has 1 aliphatic rings. The molecule has 130 valence electrons. The Balaban J connectivity index is 1.62. The Morgan fingerprint density at radius 3 is 2.96 bits per heavy atom. The number of hydrogen-bond acceptors (Lipinski definition) is 4. The van der Waals surface area contributed by atoms with Gasteiger partial charge in [-0.2, -0.15) is 0 Å². The highest BCUT2D eigenvalue weighted by Crippen LogP contribution is 2.24. The number of piperidine rings is 1. The van der Waals surface area contributed by atoms with Crippen LogP contribution in [-0.4, -0.2) is 41.7 Å². The molecule has 1 aromatic heterocycles. The number of carbonyl (C=O) groups is 1. The summed E-state index contributed by atoms with van der Waals surface area (Å²) in [6.07, 6.45) is 2.07. The van der Waals surface area contributed by atoms with E-state index in [1.165, 1.54) is 0 Å². The minimum Gasteiger partial charge on any atom is -0.459 e. The second-order valence-corrected chi connectivity index (χ2v) is 6.78. The maximum atomic E-state index is 12.6. The van der Waals surface area contributed by atoms with Crippen molar-refractivity contribution in [2.45, 2.75) is 38.8 Å². The summed E-state index contributed by atoms with van der Waals surface area (Å²) in [4.78, 5) is 14.7. The molecule has 3 atom stereocenters. The smallest absolute Gasteiger partial charge is 0.237 e. The molecule has 0 spiro atoms. The number of likely N-dealkylation sites (tertiary alicyclic amines) is 1. The highest BCUT2D eigenvalue weighted by molar-refractivity contribution is 5.82. The number of rotatable bonds is 5. The monoisotopic (exact) mass is 330 g/mol. The molecular weight excluding hydrogens is 304 g/mol. The van der Waals surface area contributed by atoms with Gasteiger partial charge in [-0.1, -0.05) is 18.2 Å². The highest BCUT2D eigenvalue weighted by Gasteiger charge is 2.28. The Morgan fingerprint density at radius 2 is 2.21 bits per heavy atom. The third-order valence-electron chi connectivity index (χ3n) is 4.97. The van der Waals surface area contributed by atoms with E-state index in [-0.39, 0.29) is 30.5 Å². The third kappa shape index (κ3) is 3.62. The van der Waals surface area contributed by atoms with Crippen LogP contribution in [0.2, 0.25) is 0 Å². The van der Waals surface area contributed by atoms with Crippen molar-refractivity contribution in [2.24, 2.45) is 5.92 Å². The second kappa shape index (κ2) is 7.36. The van der Waals surface area contributed by atoms with Crippen molar-refractivity contribution in [3.8, 4) is 0 Å². The van der Waals surface area contributed by atoms with Crippen molar-refractivity contribution in [1.82, 2.24) is 10.2 Å². The molecule has 1 saturated heterocycles. The standard InChI is InChI=1S/C19H26N2O3/c1-13(18-10-16-7-3-4-8-17(16)24-18)20-19(23)14(2)21-9-5-6-15(11-21)12-22/h3-4,7-8,10,13-15,22H,5-6,9,11-12H2,1-2H3,(H,20,23). The van der Waals surface area contributed by atoms with E-state index < -0.39 is 0 Å². The fourth-order valence-electron chi connectivity index (χ4n) is 3.38. The first-order valence-electron chi connectivity index (χ1n) is 8.72. The Morgan fingerprint density at radius 1 is 1.42 bits per heavy atom. The van der Waals surface area contributed by atoms with Crippen LogP contribution >= 0.6 is 0 Å². The highest BCUT2D eigenvalue weighted by atomic mass is 16.3. The van der Waals surface area contributed by atoms with Gasteiger partial charge in [0.05, 0.1) is 12.1 Å². The molecule has 2 aromatic rings. The number of hydrogen-bond donors (Lipinski definition) is 2. The molecule has 1 aromatic carbocycles. The fourth-order valence-corrected chi connectivity index (χ4v) is 3.38. The molecular formula is C19H26N2O3. The Labute approximate surface area is 142 Å². The number of aliphatic hydroxyl groups excluding tert-OH is 1. The molecule has 2 heterocycles. The van der Waals surface area contributed by atoms with Crippen molar-refractivity contribution in [2.75, 3.05) is 19.7 Å². The topological polar surface area (TPSA) is 65.7 Å². The SMILES string of the molecule is CC(NC(=O)C(C)N1CCCC(CO)C1)c1cc2ccccc2o1. The molecule has 3 unspecified atom stereocenters. The molecule has 3 rings (SSSR count). The normalized spacial score (nSPS) is 21.5. The summed E-state index contributed by atoms with van der Waals surface area (Å²) in [6.45, 7) is 5.75. The van der Waals surface area contributed by atoms with Crippen LogP contribution < -0.4 is 5.32 Å². The number of carbonyl (C=O) groups excluding carboxylic acids is 1. The number of amides is 1. The van der Waals surface area contributed by atoms with E-state index in [4.69, 9.17) is 4.42 Å². The third-order valence-corrected chi connectivity index (χ3v) is 4.97.